The van der Waals surface area contributed by atoms with E-state index < -0.39 is 11.8 Å². The largest absolute Gasteiger partial charge is 0.364 e. The van der Waals surface area contributed by atoms with Gasteiger partial charge in [0.1, 0.15) is 5.69 Å². The molecule has 1 aromatic carbocycles. The molecule has 0 unspecified atom stereocenters. The molecule has 7 nitrogen and oxygen atoms in total. The van der Waals surface area contributed by atoms with Gasteiger partial charge in [-0.1, -0.05) is 23.2 Å². The molecular formula is C19H17Cl2N5O2. The Balaban J connectivity index is 2.34. The Bertz CT molecular complexity index is 1090. The fourth-order valence-electron chi connectivity index (χ4n) is 3.08. The predicted octanol–water partition coefficient (Wildman–Crippen LogP) is 3.20. The molecule has 0 aliphatic rings. The van der Waals surface area contributed by atoms with E-state index in [1.165, 1.54) is 17.7 Å². The van der Waals surface area contributed by atoms with Crippen LogP contribution >= 0.6 is 23.2 Å². The number of primary amides is 1. The van der Waals surface area contributed by atoms with Gasteiger partial charge < -0.3 is 5.73 Å². The second-order valence-corrected chi connectivity index (χ2v) is 7.03. The van der Waals surface area contributed by atoms with Gasteiger partial charge >= 0.3 is 0 Å². The van der Waals surface area contributed by atoms with Crippen LogP contribution in [0.2, 0.25) is 10.0 Å². The van der Waals surface area contributed by atoms with Crippen molar-refractivity contribution >= 4 is 35.0 Å². The van der Waals surface area contributed by atoms with E-state index in [4.69, 9.17) is 34.8 Å². The maximum absolute atomic E-state index is 12.6. The minimum atomic E-state index is -0.699. The average Bonchev–Trinajstić information content (AvgIpc) is 3.05. The standard InChI is InChI=1S/C19H17Cl2N5O2/c1-10-8-11(20)9-13(19(28)25(2)23)15(10)12-5-7-26(16(12)17(22)27)18-14(21)4-3-6-24-18/h3-9H,23H2,1-2H3,(H2,22,27). The van der Waals surface area contributed by atoms with E-state index in [1.807, 2.05) is 0 Å². The SMILES string of the molecule is Cc1cc(Cl)cc(C(=O)N(C)N)c1-c1ccn(-c2ncccc2Cl)c1C(N)=O. The Hall–Kier alpha value is -2.87. The van der Waals surface area contributed by atoms with E-state index in [0.29, 0.717) is 32.6 Å². The zero-order valence-corrected chi connectivity index (χ0v) is 16.6. The van der Waals surface area contributed by atoms with Crippen LogP contribution in [0.4, 0.5) is 0 Å². The van der Waals surface area contributed by atoms with Crippen molar-refractivity contribution < 1.29 is 9.59 Å². The lowest BCUT2D eigenvalue weighted by molar-refractivity contribution is 0.0795. The molecule has 0 aliphatic heterocycles. The molecule has 2 aromatic heterocycles. The van der Waals surface area contributed by atoms with Crippen molar-refractivity contribution in [1.29, 1.82) is 0 Å². The van der Waals surface area contributed by atoms with Crippen LogP contribution in [0.1, 0.15) is 26.4 Å². The molecular weight excluding hydrogens is 401 g/mol. The maximum Gasteiger partial charge on any atom is 0.268 e. The van der Waals surface area contributed by atoms with Crippen molar-refractivity contribution in [1.82, 2.24) is 14.6 Å². The van der Waals surface area contributed by atoms with E-state index >= 15 is 0 Å². The van der Waals surface area contributed by atoms with E-state index in [9.17, 15) is 9.59 Å². The van der Waals surface area contributed by atoms with Crippen LogP contribution in [0.15, 0.2) is 42.7 Å². The molecule has 144 valence electrons. The maximum atomic E-state index is 12.6. The summed E-state index contributed by atoms with van der Waals surface area (Å²) in [6.45, 7) is 1.78. The highest BCUT2D eigenvalue weighted by molar-refractivity contribution is 6.32. The first-order chi connectivity index (χ1) is 13.2. The van der Waals surface area contributed by atoms with Crippen molar-refractivity contribution in [2.24, 2.45) is 11.6 Å². The average molecular weight is 418 g/mol. The molecule has 9 heteroatoms. The molecule has 3 rings (SSSR count). The van der Waals surface area contributed by atoms with Crippen LogP contribution < -0.4 is 11.6 Å². The number of hydrogen-bond donors (Lipinski definition) is 2. The lowest BCUT2D eigenvalue weighted by Gasteiger charge is -2.17. The van der Waals surface area contributed by atoms with Crippen molar-refractivity contribution in [2.45, 2.75) is 6.92 Å². The zero-order chi connectivity index (χ0) is 20.6. The molecule has 4 N–H and O–H groups in total. The van der Waals surface area contributed by atoms with Gasteiger partial charge in [-0.05, 0) is 48.4 Å². The Kier molecular flexibility index (Phi) is 5.42. The highest BCUT2D eigenvalue weighted by atomic mass is 35.5. The third-order valence-corrected chi connectivity index (χ3v) is 4.72. The van der Waals surface area contributed by atoms with Gasteiger partial charge in [0.2, 0.25) is 0 Å². The van der Waals surface area contributed by atoms with Crippen LogP contribution in [-0.2, 0) is 0 Å². The van der Waals surface area contributed by atoms with E-state index in [2.05, 4.69) is 4.98 Å². The first-order valence-electron chi connectivity index (χ1n) is 8.17. The van der Waals surface area contributed by atoms with Crippen LogP contribution in [0.5, 0.6) is 0 Å². The summed E-state index contributed by atoms with van der Waals surface area (Å²) in [5.41, 5.74) is 7.71. The fourth-order valence-corrected chi connectivity index (χ4v) is 3.56. The molecule has 0 spiro atoms. The Morgan fingerprint density at radius 2 is 1.93 bits per heavy atom. The molecule has 0 bridgehead atoms. The number of halogens is 2. The van der Waals surface area contributed by atoms with Crippen LogP contribution in [0.25, 0.3) is 16.9 Å². The van der Waals surface area contributed by atoms with Crippen LogP contribution in [0.3, 0.4) is 0 Å². The van der Waals surface area contributed by atoms with Crippen LogP contribution in [-0.4, -0.2) is 33.4 Å². The molecule has 0 fully saturated rings. The van der Waals surface area contributed by atoms with Gasteiger partial charge in [0.15, 0.2) is 5.82 Å². The number of aryl methyl sites for hydroxylation is 1. The normalized spacial score (nSPS) is 10.8. The molecule has 0 saturated heterocycles. The fraction of sp³-hybridized carbons (Fsp3) is 0.105. The molecule has 0 atom stereocenters. The molecule has 0 radical (unpaired) electrons. The van der Waals surface area contributed by atoms with Gasteiger partial charge in [-0.25, -0.2) is 10.8 Å². The Morgan fingerprint density at radius 1 is 1.21 bits per heavy atom. The van der Waals surface area contributed by atoms with E-state index in [-0.39, 0.29) is 11.3 Å². The second kappa shape index (κ2) is 7.63. The third kappa shape index (κ3) is 3.47. The van der Waals surface area contributed by atoms with Crippen molar-refractivity contribution in [3.05, 3.63) is 69.6 Å². The summed E-state index contributed by atoms with van der Waals surface area (Å²) >= 11 is 12.4. The first-order valence-corrected chi connectivity index (χ1v) is 8.93. The topological polar surface area (TPSA) is 107 Å². The number of hydrogen-bond acceptors (Lipinski definition) is 4. The van der Waals surface area contributed by atoms with Gasteiger partial charge in [0, 0.05) is 30.0 Å². The third-order valence-electron chi connectivity index (χ3n) is 4.21. The first kappa shape index (κ1) is 19.9. The van der Waals surface area contributed by atoms with Crippen molar-refractivity contribution in [3.63, 3.8) is 0 Å². The van der Waals surface area contributed by atoms with E-state index in [1.54, 1.807) is 43.6 Å². The summed E-state index contributed by atoms with van der Waals surface area (Å²) in [5, 5.41) is 1.67. The highest BCUT2D eigenvalue weighted by Crippen LogP contribution is 2.35. The molecule has 28 heavy (non-hydrogen) atoms. The number of rotatable bonds is 4. The van der Waals surface area contributed by atoms with Crippen molar-refractivity contribution in [2.75, 3.05) is 7.05 Å². The number of aromatic nitrogens is 2. The lowest BCUT2D eigenvalue weighted by Crippen LogP contribution is -2.33. The quantitative estimate of drug-likeness (QED) is 0.385. The number of pyridine rings is 1. The number of carbonyl (C=O) groups is 2. The number of carbonyl (C=O) groups excluding carboxylic acids is 2. The second-order valence-electron chi connectivity index (χ2n) is 6.18. The van der Waals surface area contributed by atoms with Gasteiger partial charge in [0.05, 0.1) is 10.6 Å². The van der Waals surface area contributed by atoms with Gasteiger partial charge in [-0.2, -0.15) is 0 Å². The summed E-state index contributed by atoms with van der Waals surface area (Å²) in [6, 6.07) is 8.21. The summed E-state index contributed by atoms with van der Waals surface area (Å²) in [6.07, 6.45) is 3.18. The smallest absolute Gasteiger partial charge is 0.268 e. The molecule has 3 aromatic rings. The summed E-state index contributed by atoms with van der Waals surface area (Å²) < 4.78 is 1.49. The minimum Gasteiger partial charge on any atom is -0.364 e. The number of nitrogens with zero attached hydrogens (tertiary/aromatic N) is 3. The molecule has 2 amide bonds. The molecule has 0 aliphatic carbocycles. The summed E-state index contributed by atoms with van der Waals surface area (Å²) in [5.74, 6) is 4.84. The molecule has 0 saturated carbocycles. The van der Waals surface area contributed by atoms with Gasteiger partial charge in [-0.15, -0.1) is 0 Å². The number of amides is 2. The van der Waals surface area contributed by atoms with Crippen molar-refractivity contribution in [3.8, 4) is 16.9 Å². The van der Waals surface area contributed by atoms with Gasteiger partial charge in [-0.3, -0.25) is 19.2 Å². The highest BCUT2D eigenvalue weighted by Gasteiger charge is 2.25. The summed E-state index contributed by atoms with van der Waals surface area (Å²) in [4.78, 5) is 29.2. The lowest BCUT2D eigenvalue weighted by atomic mass is 9.94. The van der Waals surface area contributed by atoms with Gasteiger partial charge in [0.25, 0.3) is 11.8 Å². The molecule has 2 heterocycles. The Morgan fingerprint density at radius 3 is 2.54 bits per heavy atom. The minimum absolute atomic E-state index is 0.139. The zero-order valence-electron chi connectivity index (χ0n) is 15.1. The number of hydrazine groups is 1. The summed E-state index contributed by atoms with van der Waals surface area (Å²) in [7, 11) is 1.43. The Labute approximate surface area is 171 Å². The van der Waals surface area contributed by atoms with E-state index in [0.717, 1.165) is 5.01 Å². The van der Waals surface area contributed by atoms with Crippen LogP contribution in [0, 0.1) is 6.92 Å². The number of nitrogens with two attached hydrogens (primary N) is 2. The predicted molar refractivity (Wildman–Crippen MR) is 109 cm³/mol. The monoisotopic (exact) mass is 417 g/mol. The number of benzene rings is 1.